The number of hydrogen-bond acceptors (Lipinski definition) is 2. The Labute approximate surface area is 104 Å². The molecule has 1 aromatic carbocycles. The zero-order valence-electron chi connectivity index (χ0n) is 9.29. The summed E-state index contributed by atoms with van der Waals surface area (Å²) in [7, 11) is 1.66. The standard InChI is InChI=1S/C12H15BrN2O/c1-16-11-7-9(13)6-10(8-11)15-5-3-2-4-12(15)14/h6-8,14H,2-5H2,1H3. The zero-order valence-corrected chi connectivity index (χ0v) is 10.9. The number of rotatable bonds is 2. The highest BCUT2D eigenvalue weighted by Gasteiger charge is 2.17. The van der Waals surface area contributed by atoms with E-state index in [-0.39, 0.29) is 0 Å². The Morgan fingerprint density at radius 3 is 2.81 bits per heavy atom. The Morgan fingerprint density at radius 2 is 2.12 bits per heavy atom. The topological polar surface area (TPSA) is 36.3 Å². The van der Waals surface area contributed by atoms with Crippen LogP contribution in [-0.4, -0.2) is 19.5 Å². The van der Waals surface area contributed by atoms with E-state index in [1.165, 1.54) is 0 Å². The molecule has 1 aliphatic heterocycles. The van der Waals surface area contributed by atoms with Crippen molar-refractivity contribution in [2.24, 2.45) is 0 Å². The number of anilines is 1. The second-order valence-electron chi connectivity index (χ2n) is 3.90. The lowest BCUT2D eigenvalue weighted by Crippen LogP contribution is -2.34. The first-order chi connectivity index (χ1) is 7.70. The van der Waals surface area contributed by atoms with Gasteiger partial charge in [0.25, 0.3) is 0 Å². The third kappa shape index (κ3) is 2.38. The number of benzene rings is 1. The number of hydrogen-bond donors (Lipinski definition) is 1. The first-order valence-corrected chi connectivity index (χ1v) is 6.19. The highest BCUT2D eigenvalue weighted by Crippen LogP contribution is 2.29. The van der Waals surface area contributed by atoms with Gasteiger partial charge < -0.3 is 9.64 Å². The Kier molecular flexibility index (Phi) is 3.49. The fraction of sp³-hybridized carbons (Fsp3) is 0.417. The molecule has 3 nitrogen and oxygen atoms in total. The molecule has 0 aliphatic carbocycles. The Hall–Kier alpha value is -1.03. The number of ether oxygens (including phenoxy) is 1. The largest absolute Gasteiger partial charge is 0.497 e. The SMILES string of the molecule is COc1cc(Br)cc(N2CCCCC2=N)c1. The van der Waals surface area contributed by atoms with Crippen molar-refractivity contribution in [3.8, 4) is 5.75 Å². The normalized spacial score (nSPS) is 16.4. The molecule has 0 bridgehead atoms. The lowest BCUT2D eigenvalue weighted by molar-refractivity contribution is 0.414. The third-order valence-corrected chi connectivity index (χ3v) is 3.23. The molecule has 0 unspecified atom stereocenters. The fourth-order valence-corrected chi connectivity index (χ4v) is 2.40. The molecule has 1 fully saturated rings. The summed E-state index contributed by atoms with van der Waals surface area (Å²) in [6, 6.07) is 5.93. The van der Waals surface area contributed by atoms with Crippen molar-refractivity contribution in [2.75, 3.05) is 18.6 Å². The quantitative estimate of drug-likeness (QED) is 0.902. The van der Waals surface area contributed by atoms with E-state index in [0.29, 0.717) is 5.84 Å². The second kappa shape index (κ2) is 4.87. The first kappa shape index (κ1) is 11.5. The highest BCUT2D eigenvalue weighted by atomic mass is 79.9. The summed E-state index contributed by atoms with van der Waals surface area (Å²) in [4.78, 5) is 2.05. The summed E-state index contributed by atoms with van der Waals surface area (Å²) >= 11 is 3.46. The molecule has 1 saturated heterocycles. The molecule has 1 heterocycles. The molecular weight excluding hydrogens is 268 g/mol. The molecule has 0 saturated carbocycles. The van der Waals surface area contributed by atoms with Crippen LogP contribution in [0, 0.1) is 5.41 Å². The molecule has 1 aliphatic rings. The minimum Gasteiger partial charge on any atom is -0.497 e. The van der Waals surface area contributed by atoms with E-state index in [9.17, 15) is 0 Å². The molecule has 0 radical (unpaired) electrons. The molecule has 0 aromatic heterocycles. The van der Waals surface area contributed by atoms with Crippen LogP contribution in [-0.2, 0) is 0 Å². The molecule has 1 N–H and O–H groups in total. The molecule has 0 atom stereocenters. The van der Waals surface area contributed by atoms with Crippen LogP contribution in [0.15, 0.2) is 22.7 Å². The zero-order chi connectivity index (χ0) is 11.5. The predicted molar refractivity (Wildman–Crippen MR) is 69.6 cm³/mol. The van der Waals surface area contributed by atoms with Crippen molar-refractivity contribution in [3.05, 3.63) is 22.7 Å². The summed E-state index contributed by atoms with van der Waals surface area (Å²) in [5.74, 6) is 1.52. The van der Waals surface area contributed by atoms with Crippen LogP contribution in [0.5, 0.6) is 5.75 Å². The van der Waals surface area contributed by atoms with E-state index in [4.69, 9.17) is 10.1 Å². The maximum Gasteiger partial charge on any atom is 0.122 e. The van der Waals surface area contributed by atoms with Gasteiger partial charge in [-0.1, -0.05) is 15.9 Å². The Morgan fingerprint density at radius 1 is 1.31 bits per heavy atom. The van der Waals surface area contributed by atoms with E-state index in [1.807, 2.05) is 18.2 Å². The lowest BCUT2D eigenvalue weighted by Gasteiger charge is -2.29. The fourth-order valence-electron chi connectivity index (χ4n) is 1.94. The maximum absolute atomic E-state index is 7.95. The Balaban J connectivity index is 2.31. The molecule has 0 spiro atoms. The summed E-state index contributed by atoms with van der Waals surface area (Å²) in [6.07, 6.45) is 3.15. The Bertz CT molecular complexity index is 406. The smallest absolute Gasteiger partial charge is 0.122 e. The lowest BCUT2D eigenvalue weighted by atomic mass is 10.1. The monoisotopic (exact) mass is 282 g/mol. The van der Waals surface area contributed by atoms with Gasteiger partial charge in [-0.05, 0) is 25.0 Å². The van der Waals surface area contributed by atoms with Gasteiger partial charge in [-0.15, -0.1) is 0 Å². The van der Waals surface area contributed by atoms with E-state index in [1.54, 1.807) is 7.11 Å². The second-order valence-corrected chi connectivity index (χ2v) is 4.82. The van der Waals surface area contributed by atoms with Gasteiger partial charge in [-0.2, -0.15) is 0 Å². The van der Waals surface area contributed by atoms with E-state index >= 15 is 0 Å². The third-order valence-electron chi connectivity index (χ3n) is 2.77. The van der Waals surface area contributed by atoms with Gasteiger partial charge in [0.05, 0.1) is 7.11 Å². The van der Waals surface area contributed by atoms with Crippen LogP contribution < -0.4 is 9.64 Å². The summed E-state index contributed by atoms with van der Waals surface area (Å²) < 4.78 is 6.22. The van der Waals surface area contributed by atoms with Gasteiger partial charge in [0.1, 0.15) is 11.6 Å². The maximum atomic E-state index is 7.95. The van der Waals surface area contributed by atoms with Crippen molar-refractivity contribution >= 4 is 27.5 Å². The van der Waals surface area contributed by atoms with E-state index < -0.39 is 0 Å². The highest BCUT2D eigenvalue weighted by molar-refractivity contribution is 9.10. The number of amidine groups is 1. The molecule has 86 valence electrons. The average Bonchev–Trinajstić information content (AvgIpc) is 2.28. The molecule has 0 amide bonds. The first-order valence-electron chi connectivity index (χ1n) is 5.40. The molecule has 16 heavy (non-hydrogen) atoms. The van der Waals surface area contributed by atoms with E-state index in [0.717, 1.165) is 41.7 Å². The average molecular weight is 283 g/mol. The van der Waals surface area contributed by atoms with Gasteiger partial charge in [-0.25, -0.2) is 0 Å². The van der Waals surface area contributed by atoms with Crippen LogP contribution in [0.3, 0.4) is 0 Å². The summed E-state index contributed by atoms with van der Waals surface area (Å²) in [6.45, 7) is 0.929. The van der Waals surface area contributed by atoms with Crippen LogP contribution in [0.1, 0.15) is 19.3 Å². The minimum absolute atomic E-state index is 0.700. The number of nitrogens with zero attached hydrogens (tertiary/aromatic N) is 1. The van der Waals surface area contributed by atoms with Crippen LogP contribution in [0.2, 0.25) is 0 Å². The number of methoxy groups -OCH3 is 1. The van der Waals surface area contributed by atoms with Gasteiger partial charge in [0.15, 0.2) is 0 Å². The van der Waals surface area contributed by atoms with Crippen molar-refractivity contribution in [1.29, 1.82) is 5.41 Å². The molecule has 1 aromatic rings. The van der Waals surface area contributed by atoms with Crippen molar-refractivity contribution in [3.63, 3.8) is 0 Å². The van der Waals surface area contributed by atoms with E-state index in [2.05, 4.69) is 20.8 Å². The number of piperidine rings is 1. The molecular formula is C12H15BrN2O. The van der Waals surface area contributed by atoms with Crippen molar-refractivity contribution in [2.45, 2.75) is 19.3 Å². The summed E-state index contributed by atoms with van der Waals surface area (Å²) in [5.41, 5.74) is 1.04. The van der Waals surface area contributed by atoms with Crippen LogP contribution in [0.4, 0.5) is 5.69 Å². The number of halogens is 1. The minimum atomic E-state index is 0.700. The van der Waals surface area contributed by atoms with Gasteiger partial charge in [0, 0.05) is 29.2 Å². The predicted octanol–water partition coefficient (Wildman–Crippen LogP) is 3.43. The summed E-state index contributed by atoms with van der Waals surface area (Å²) in [5, 5.41) is 7.95. The number of nitrogens with one attached hydrogen (secondary N) is 1. The van der Waals surface area contributed by atoms with Crippen LogP contribution in [0.25, 0.3) is 0 Å². The van der Waals surface area contributed by atoms with Crippen molar-refractivity contribution < 1.29 is 4.74 Å². The van der Waals surface area contributed by atoms with Gasteiger partial charge in [0.2, 0.25) is 0 Å². The molecule has 4 heteroatoms. The molecule has 2 rings (SSSR count). The van der Waals surface area contributed by atoms with Gasteiger partial charge in [-0.3, -0.25) is 5.41 Å². The van der Waals surface area contributed by atoms with Gasteiger partial charge >= 0.3 is 0 Å². The van der Waals surface area contributed by atoms with Crippen molar-refractivity contribution in [1.82, 2.24) is 0 Å². The van der Waals surface area contributed by atoms with Crippen LogP contribution >= 0.6 is 15.9 Å².